The lowest BCUT2D eigenvalue weighted by Crippen LogP contribution is -2.17. The number of pyridine rings is 1. The van der Waals surface area contributed by atoms with Crippen molar-refractivity contribution in [3.63, 3.8) is 0 Å². The third-order valence-electron chi connectivity index (χ3n) is 3.26. The number of thiazole rings is 1. The first-order chi connectivity index (χ1) is 10.2. The summed E-state index contributed by atoms with van der Waals surface area (Å²) in [5.74, 6) is 1.95. The van der Waals surface area contributed by atoms with Crippen molar-refractivity contribution >= 4 is 38.1 Å². The number of nitrogens with zero attached hydrogens (tertiary/aromatic N) is 5. The van der Waals surface area contributed by atoms with Crippen LogP contribution in [0.2, 0.25) is 0 Å². The molecule has 4 heterocycles. The summed E-state index contributed by atoms with van der Waals surface area (Å²) in [5, 5.41) is 5.16. The van der Waals surface area contributed by atoms with Gasteiger partial charge in [0.15, 0.2) is 0 Å². The molecule has 4 rings (SSSR count). The second kappa shape index (κ2) is 4.88. The summed E-state index contributed by atoms with van der Waals surface area (Å²) < 4.78 is 3.18. The lowest BCUT2D eigenvalue weighted by atomic mass is 10.2. The molecule has 6 nitrogen and oxygen atoms in total. The van der Waals surface area contributed by atoms with Crippen molar-refractivity contribution in [1.82, 2.24) is 19.5 Å². The Hall–Kier alpha value is -1.80. The van der Waals surface area contributed by atoms with Crippen LogP contribution in [0.25, 0.3) is 11.4 Å². The van der Waals surface area contributed by atoms with E-state index in [1.165, 1.54) is 11.3 Å². The van der Waals surface area contributed by atoms with Gasteiger partial charge in [-0.25, -0.2) is 9.97 Å². The zero-order valence-electron chi connectivity index (χ0n) is 11.2. The fourth-order valence-electron chi connectivity index (χ4n) is 2.37. The Morgan fingerprint density at radius 1 is 1.38 bits per heavy atom. The van der Waals surface area contributed by atoms with E-state index < -0.39 is 0 Å². The van der Waals surface area contributed by atoms with E-state index in [1.54, 1.807) is 6.20 Å². The molecule has 0 atom stereocenters. The van der Waals surface area contributed by atoms with Gasteiger partial charge in [0.05, 0.1) is 15.7 Å². The summed E-state index contributed by atoms with van der Waals surface area (Å²) >= 11 is 5.11. The maximum absolute atomic E-state index is 4.60. The van der Waals surface area contributed by atoms with Gasteiger partial charge in [0.25, 0.3) is 5.62 Å². The highest BCUT2D eigenvalue weighted by Gasteiger charge is 2.19. The van der Waals surface area contributed by atoms with Gasteiger partial charge < -0.3 is 9.88 Å². The minimum Gasteiger partial charge on any atom is -0.369 e. The third-order valence-corrected chi connectivity index (χ3v) is 4.68. The van der Waals surface area contributed by atoms with E-state index in [-0.39, 0.29) is 0 Å². The first-order valence-corrected chi connectivity index (χ1v) is 8.09. The van der Waals surface area contributed by atoms with Crippen LogP contribution in [0.4, 0.5) is 10.8 Å². The quantitative estimate of drug-likeness (QED) is 0.722. The molecule has 21 heavy (non-hydrogen) atoms. The Morgan fingerprint density at radius 2 is 2.29 bits per heavy atom. The lowest BCUT2D eigenvalue weighted by Gasteiger charge is -2.13. The van der Waals surface area contributed by atoms with Crippen molar-refractivity contribution in [2.45, 2.75) is 13.5 Å². The normalized spacial score (nSPS) is 14.5. The molecule has 8 heteroatoms. The van der Waals surface area contributed by atoms with E-state index in [1.807, 2.05) is 19.2 Å². The van der Waals surface area contributed by atoms with Gasteiger partial charge in [0, 0.05) is 24.8 Å². The molecule has 106 valence electrons. The van der Waals surface area contributed by atoms with Crippen LogP contribution in [0.5, 0.6) is 0 Å². The molecule has 1 aromatic heterocycles. The second-order valence-electron chi connectivity index (χ2n) is 4.70. The van der Waals surface area contributed by atoms with Crippen LogP contribution in [-0.2, 0) is 6.54 Å². The Kier molecular flexibility index (Phi) is 3.00. The molecule has 0 fully saturated rings. The van der Waals surface area contributed by atoms with Gasteiger partial charge in [-0.3, -0.25) is 0 Å². The molecule has 0 amide bonds. The zero-order chi connectivity index (χ0) is 14.4. The molecule has 0 saturated heterocycles. The zero-order valence-corrected chi connectivity index (χ0v) is 13.6. The highest BCUT2D eigenvalue weighted by Crippen LogP contribution is 2.33. The first kappa shape index (κ1) is 12.9. The Balaban J connectivity index is 1.92. The van der Waals surface area contributed by atoms with Crippen LogP contribution in [0, 0.1) is 6.92 Å². The molecular formula is C13H11BrN6S. The fraction of sp³-hybridized carbons (Fsp3) is 0.231. The molecule has 0 radical (unpaired) electrons. The summed E-state index contributed by atoms with van der Waals surface area (Å²) in [7, 11) is 0. The summed E-state index contributed by atoms with van der Waals surface area (Å²) in [6, 6.07) is 2.03. The monoisotopic (exact) mass is 362 g/mol. The van der Waals surface area contributed by atoms with E-state index in [4.69, 9.17) is 0 Å². The number of aromatic nitrogens is 4. The number of hydrogen-bond acceptors (Lipinski definition) is 6. The van der Waals surface area contributed by atoms with Gasteiger partial charge in [0.1, 0.15) is 16.6 Å². The maximum atomic E-state index is 4.60. The van der Waals surface area contributed by atoms with E-state index in [0.717, 1.165) is 44.8 Å². The van der Waals surface area contributed by atoms with E-state index in [2.05, 4.69) is 45.8 Å². The topological polar surface area (TPSA) is 68.0 Å². The van der Waals surface area contributed by atoms with Gasteiger partial charge in [-0.1, -0.05) is 11.3 Å². The number of rotatable bonds is 1. The minimum atomic E-state index is 0.468. The van der Waals surface area contributed by atoms with Crippen molar-refractivity contribution < 1.29 is 0 Å². The van der Waals surface area contributed by atoms with Crippen molar-refractivity contribution in [3.05, 3.63) is 33.6 Å². The Labute approximate surface area is 133 Å². The summed E-state index contributed by atoms with van der Waals surface area (Å²) in [4.78, 5) is 17.6. The SMILES string of the molecule is Cc1ncc(N=c2ncc3cc(Br)c4n(c-3n2)CCN4)s1. The molecule has 0 aromatic carbocycles. The number of hydrogen-bond donors (Lipinski definition) is 1. The van der Waals surface area contributed by atoms with Crippen LogP contribution in [-0.4, -0.2) is 26.1 Å². The number of fused-ring (bicyclic) bond motifs is 3. The predicted molar refractivity (Wildman–Crippen MR) is 84.9 cm³/mol. The largest absolute Gasteiger partial charge is 0.369 e. The molecular weight excluding hydrogens is 352 g/mol. The molecule has 0 spiro atoms. The predicted octanol–water partition coefficient (Wildman–Crippen LogP) is 2.57. The molecule has 0 aliphatic carbocycles. The highest BCUT2D eigenvalue weighted by molar-refractivity contribution is 9.10. The van der Waals surface area contributed by atoms with Gasteiger partial charge in [-0.2, -0.15) is 9.98 Å². The number of halogens is 1. The molecule has 1 N–H and O–H groups in total. The third kappa shape index (κ3) is 2.24. The number of nitrogens with one attached hydrogen (secondary N) is 1. The molecule has 0 saturated carbocycles. The smallest absolute Gasteiger partial charge is 0.252 e. The lowest BCUT2D eigenvalue weighted by molar-refractivity contribution is 0.778. The summed E-state index contributed by atoms with van der Waals surface area (Å²) in [6.45, 7) is 3.75. The van der Waals surface area contributed by atoms with Crippen LogP contribution < -0.4 is 10.9 Å². The van der Waals surface area contributed by atoms with Crippen LogP contribution in [0.3, 0.4) is 0 Å². The minimum absolute atomic E-state index is 0.468. The molecule has 1 aromatic rings. The highest BCUT2D eigenvalue weighted by atomic mass is 79.9. The van der Waals surface area contributed by atoms with E-state index in [9.17, 15) is 0 Å². The Morgan fingerprint density at radius 3 is 3.10 bits per heavy atom. The molecule has 0 bridgehead atoms. The molecule has 3 aliphatic rings. The van der Waals surface area contributed by atoms with Crippen molar-refractivity contribution in [1.29, 1.82) is 0 Å². The van der Waals surface area contributed by atoms with Crippen molar-refractivity contribution in [2.75, 3.05) is 11.9 Å². The Bertz CT molecular complexity index is 867. The van der Waals surface area contributed by atoms with Gasteiger partial charge >= 0.3 is 0 Å². The number of aryl methyl sites for hydroxylation is 1. The number of anilines is 1. The van der Waals surface area contributed by atoms with E-state index in [0.29, 0.717) is 5.62 Å². The summed E-state index contributed by atoms with van der Waals surface area (Å²) in [5.41, 5.74) is 1.46. The average Bonchev–Trinajstić information content (AvgIpc) is 3.09. The van der Waals surface area contributed by atoms with Crippen molar-refractivity contribution in [2.24, 2.45) is 4.99 Å². The van der Waals surface area contributed by atoms with Gasteiger partial charge in [-0.05, 0) is 28.9 Å². The average molecular weight is 363 g/mol. The van der Waals surface area contributed by atoms with E-state index >= 15 is 0 Å². The van der Waals surface area contributed by atoms with Crippen LogP contribution in [0.15, 0.2) is 27.9 Å². The second-order valence-corrected chi connectivity index (χ2v) is 6.77. The molecule has 3 aliphatic heterocycles. The van der Waals surface area contributed by atoms with Crippen molar-refractivity contribution in [3.8, 4) is 11.4 Å². The molecule has 0 unspecified atom stereocenters. The summed E-state index contributed by atoms with van der Waals surface area (Å²) in [6.07, 6.45) is 3.56. The standard InChI is InChI=1S/C13H11BrN6S/c1-7-16-6-10(21-7)18-13-17-5-8-4-9(14)12-15-2-3-20(12)11(8)19-13/h4-6,15H,2-3H2,1H3. The van der Waals surface area contributed by atoms with Crippen LogP contribution >= 0.6 is 27.3 Å². The van der Waals surface area contributed by atoms with Crippen LogP contribution in [0.1, 0.15) is 5.01 Å². The first-order valence-electron chi connectivity index (χ1n) is 6.48. The fourth-order valence-corrected chi connectivity index (χ4v) is 3.61. The maximum Gasteiger partial charge on any atom is 0.252 e. The van der Waals surface area contributed by atoms with Gasteiger partial charge in [0.2, 0.25) is 0 Å². The van der Waals surface area contributed by atoms with Gasteiger partial charge in [-0.15, -0.1) is 0 Å².